The van der Waals surface area contributed by atoms with Gasteiger partial charge in [-0.15, -0.1) is 0 Å². The molecule has 0 amide bonds. The summed E-state index contributed by atoms with van der Waals surface area (Å²) >= 11 is 3.71. The molecule has 1 rings (SSSR count). The summed E-state index contributed by atoms with van der Waals surface area (Å²) < 4.78 is 1.25. The summed E-state index contributed by atoms with van der Waals surface area (Å²) in [5.41, 5.74) is 1.45. The second-order valence-electron chi connectivity index (χ2n) is 5.70. The highest BCUT2D eigenvalue weighted by Gasteiger charge is 2.18. The molecule has 0 aliphatic heterocycles. The van der Waals surface area contributed by atoms with E-state index in [0.29, 0.717) is 12.0 Å². The Labute approximate surface area is 127 Å². The highest BCUT2D eigenvalue weighted by atomic mass is 79.9. The lowest BCUT2D eigenvalue weighted by Gasteiger charge is -2.25. The van der Waals surface area contributed by atoms with Crippen molar-refractivity contribution in [3.8, 4) is 0 Å². The van der Waals surface area contributed by atoms with Gasteiger partial charge in [-0.3, -0.25) is 0 Å². The lowest BCUT2D eigenvalue weighted by Crippen LogP contribution is -2.29. The van der Waals surface area contributed by atoms with Crippen molar-refractivity contribution in [3.63, 3.8) is 0 Å². The smallest absolute Gasteiger partial charge is 0.0210 e. The predicted octanol–water partition coefficient (Wildman–Crippen LogP) is 5.36. The van der Waals surface area contributed by atoms with Crippen LogP contribution in [0.4, 0.5) is 0 Å². The molecule has 19 heavy (non-hydrogen) atoms. The van der Waals surface area contributed by atoms with Crippen molar-refractivity contribution in [3.05, 3.63) is 34.3 Å². The monoisotopic (exact) mass is 325 g/mol. The molecular formula is C17H28BrN. The molecule has 1 N–H and O–H groups in total. The summed E-state index contributed by atoms with van der Waals surface area (Å²) in [6, 6.07) is 9.21. The van der Waals surface area contributed by atoms with Gasteiger partial charge in [0.05, 0.1) is 0 Å². The van der Waals surface area contributed by atoms with E-state index in [0.717, 1.165) is 12.5 Å². The maximum absolute atomic E-state index is 3.71. The molecule has 0 bridgehead atoms. The minimum atomic E-state index is 0.548. The largest absolute Gasteiger partial charge is 0.314 e. The maximum atomic E-state index is 3.71. The number of hydrogen-bond acceptors (Lipinski definition) is 1. The predicted molar refractivity (Wildman–Crippen MR) is 88.7 cm³/mol. The third kappa shape index (κ3) is 5.66. The van der Waals surface area contributed by atoms with Crippen molar-refractivity contribution in [2.24, 2.45) is 5.92 Å². The second kappa shape index (κ2) is 8.76. The molecular weight excluding hydrogens is 298 g/mol. The van der Waals surface area contributed by atoms with Gasteiger partial charge >= 0.3 is 0 Å². The molecule has 1 nitrogen and oxygen atoms in total. The Balaban J connectivity index is 2.82. The molecule has 0 heterocycles. The molecule has 0 aliphatic rings. The van der Waals surface area contributed by atoms with Crippen LogP contribution in [0.3, 0.4) is 0 Å². The summed E-state index contributed by atoms with van der Waals surface area (Å²) in [6.45, 7) is 10.1. The van der Waals surface area contributed by atoms with Crippen LogP contribution in [0.2, 0.25) is 0 Å². The van der Waals surface area contributed by atoms with Gasteiger partial charge in [0.15, 0.2) is 0 Å². The molecule has 0 aliphatic carbocycles. The summed E-state index contributed by atoms with van der Waals surface area (Å²) in [5.74, 6) is 1.42. The normalized spacial score (nSPS) is 13.2. The van der Waals surface area contributed by atoms with Gasteiger partial charge < -0.3 is 5.32 Å². The topological polar surface area (TPSA) is 12.0 Å². The SMILES string of the molecule is CCC(CC)CC(CNC(C)C)c1ccccc1Br. The van der Waals surface area contributed by atoms with Gasteiger partial charge in [0.25, 0.3) is 0 Å². The first-order chi connectivity index (χ1) is 9.08. The Kier molecular flexibility index (Phi) is 7.70. The Morgan fingerprint density at radius 1 is 1.11 bits per heavy atom. The van der Waals surface area contributed by atoms with Gasteiger partial charge in [-0.05, 0) is 29.9 Å². The summed E-state index contributed by atoms with van der Waals surface area (Å²) in [5, 5.41) is 3.60. The summed E-state index contributed by atoms with van der Waals surface area (Å²) in [6.07, 6.45) is 3.83. The average Bonchev–Trinajstić information content (AvgIpc) is 2.40. The van der Waals surface area contributed by atoms with Crippen molar-refractivity contribution in [2.45, 2.75) is 58.9 Å². The zero-order chi connectivity index (χ0) is 14.3. The van der Waals surface area contributed by atoms with Gasteiger partial charge in [-0.25, -0.2) is 0 Å². The van der Waals surface area contributed by atoms with Gasteiger partial charge in [0, 0.05) is 17.1 Å². The number of benzene rings is 1. The third-order valence-corrected chi connectivity index (χ3v) is 4.61. The quantitative estimate of drug-likeness (QED) is 0.678. The van der Waals surface area contributed by atoms with E-state index in [1.54, 1.807) is 0 Å². The van der Waals surface area contributed by atoms with Crippen molar-refractivity contribution in [2.75, 3.05) is 6.54 Å². The molecule has 0 saturated carbocycles. The third-order valence-electron chi connectivity index (χ3n) is 3.89. The molecule has 1 unspecified atom stereocenters. The summed E-state index contributed by atoms with van der Waals surface area (Å²) in [7, 11) is 0. The van der Waals surface area contributed by atoms with E-state index in [2.05, 4.69) is 73.2 Å². The lowest BCUT2D eigenvalue weighted by molar-refractivity contribution is 0.390. The molecule has 108 valence electrons. The Morgan fingerprint density at radius 3 is 2.26 bits per heavy atom. The Morgan fingerprint density at radius 2 is 1.74 bits per heavy atom. The second-order valence-corrected chi connectivity index (χ2v) is 6.55. The van der Waals surface area contributed by atoms with Gasteiger partial charge in [0.1, 0.15) is 0 Å². The van der Waals surface area contributed by atoms with E-state index in [4.69, 9.17) is 0 Å². The van der Waals surface area contributed by atoms with Gasteiger partial charge in [0.2, 0.25) is 0 Å². The molecule has 0 spiro atoms. The highest BCUT2D eigenvalue weighted by molar-refractivity contribution is 9.10. The number of halogens is 1. The fourth-order valence-electron chi connectivity index (χ4n) is 2.53. The first-order valence-corrected chi connectivity index (χ1v) is 8.35. The minimum Gasteiger partial charge on any atom is -0.314 e. The highest BCUT2D eigenvalue weighted by Crippen LogP contribution is 2.31. The molecule has 0 saturated heterocycles. The maximum Gasteiger partial charge on any atom is 0.0210 e. The average molecular weight is 326 g/mol. The van der Waals surface area contributed by atoms with Crippen LogP contribution in [0.15, 0.2) is 28.7 Å². The molecule has 1 aromatic carbocycles. The van der Waals surface area contributed by atoms with Crippen LogP contribution >= 0.6 is 15.9 Å². The molecule has 2 heteroatoms. The fourth-order valence-corrected chi connectivity index (χ4v) is 3.14. The zero-order valence-electron chi connectivity index (χ0n) is 12.7. The first kappa shape index (κ1) is 16.7. The van der Waals surface area contributed by atoms with Crippen LogP contribution in [0.1, 0.15) is 58.4 Å². The van der Waals surface area contributed by atoms with Crippen LogP contribution in [0.25, 0.3) is 0 Å². The number of rotatable bonds is 8. The van der Waals surface area contributed by atoms with Crippen molar-refractivity contribution >= 4 is 15.9 Å². The van der Waals surface area contributed by atoms with Gasteiger partial charge in [-0.1, -0.05) is 74.7 Å². The summed E-state index contributed by atoms with van der Waals surface area (Å²) in [4.78, 5) is 0. The van der Waals surface area contributed by atoms with Crippen molar-refractivity contribution in [1.29, 1.82) is 0 Å². The minimum absolute atomic E-state index is 0.548. The van der Waals surface area contributed by atoms with Crippen LogP contribution in [-0.4, -0.2) is 12.6 Å². The van der Waals surface area contributed by atoms with Crippen LogP contribution in [-0.2, 0) is 0 Å². The van der Waals surface area contributed by atoms with Crippen LogP contribution in [0.5, 0.6) is 0 Å². The Hall–Kier alpha value is -0.340. The molecule has 0 aromatic heterocycles. The van der Waals surface area contributed by atoms with E-state index in [-0.39, 0.29) is 0 Å². The van der Waals surface area contributed by atoms with Gasteiger partial charge in [-0.2, -0.15) is 0 Å². The van der Waals surface area contributed by atoms with E-state index in [9.17, 15) is 0 Å². The standard InChI is InChI=1S/C17H28BrN/c1-5-14(6-2)11-15(12-19-13(3)4)16-9-7-8-10-17(16)18/h7-10,13-15,19H,5-6,11-12H2,1-4H3. The van der Waals surface area contributed by atoms with E-state index in [1.807, 2.05) is 0 Å². The molecule has 1 atom stereocenters. The molecule has 0 fully saturated rings. The number of hydrogen-bond donors (Lipinski definition) is 1. The van der Waals surface area contributed by atoms with Crippen molar-refractivity contribution in [1.82, 2.24) is 5.32 Å². The van der Waals surface area contributed by atoms with Crippen molar-refractivity contribution < 1.29 is 0 Å². The van der Waals surface area contributed by atoms with E-state index < -0.39 is 0 Å². The lowest BCUT2D eigenvalue weighted by atomic mass is 9.86. The Bertz CT molecular complexity index is 358. The molecule has 0 radical (unpaired) electrons. The zero-order valence-corrected chi connectivity index (χ0v) is 14.3. The molecule has 1 aromatic rings. The van der Waals surface area contributed by atoms with Crippen LogP contribution < -0.4 is 5.32 Å². The number of nitrogens with one attached hydrogen (secondary N) is 1. The van der Waals surface area contributed by atoms with E-state index >= 15 is 0 Å². The van der Waals surface area contributed by atoms with Crippen LogP contribution in [0, 0.1) is 5.92 Å². The fraction of sp³-hybridized carbons (Fsp3) is 0.647. The first-order valence-electron chi connectivity index (χ1n) is 7.56. The van der Waals surface area contributed by atoms with E-state index in [1.165, 1.54) is 29.3 Å².